The number of fused-ring (bicyclic) bond motifs is 1. The summed E-state index contributed by atoms with van der Waals surface area (Å²) < 4.78 is 0. The Labute approximate surface area is 128 Å². The summed E-state index contributed by atoms with van der Waals surface area (Å²) in [6.45, 7) is 13.7. The normalized spacial score (nSPS) is 19.4. The molecule has 1 heterocycles. The monoisotopic (exact) mass is 294 g/mol. The summed E-state index contributed by atoms with van der Waals surface area (Å²) in [5.74, 6) is 1.37. The fraction of sp³-hybridized carbons (Fsp3) is 0.824. The molecule has 1 atom stereocenters. The summed E-state index contributed by atoms with van der Waals surface area (Å²) in [4.78, 5) is 6.56. The fourth-order valence-electron chi connectivity index (χ4n) is 2.83. The van der Waals surface area contributed by atoms with E-state index in [0.717, 1.165) is 25.4 Å². The molecule has 1 aliphatic carbocycles. The summed E-state index contributed by atoms with van der Waals surface area (Å²) in [7, 11) is 0. The van der Waals surface area contributed by atoms with Gasteiger partial charge in [-0.3, -0.25) is 0 Å². The molecule has 0 radical (unpaired) electrons. The maximum Gasteiger partial charge on any atom is 0.0936 e. The van der Waals surface area contributed by atoms with Crippen LogP contribution in [0.2, 0.25) is 0 Å². The Morgan fingerprint density at radius 2 is 2.10 bits per heavy atom. The van der Waals surface area contributed by atoms with Crippen molar-refractivity contribution in [2.45, 2.75) is 66.2 Å². The minimum atomic E-state index is 0.339. The third-order valence-corrected chi connectivity index (χ3v) is 4.87. The van der Waals surface area contributed by atoms with Crippen molar-refractivity contribution < 1.29 is 0 Å². The van der Waals surface area contributed by atoms with Crippen LogP contribution in [0.3, 0.4) is 0 Å². The minimum absolute atomic E-state index is 0.339. The van der Waals surface area contributed by atoms with Gasteiger partial charge >= 0.3 is 0 Å². The highest BCUT2D eigenvalue weighted by Gasteiger charge is 2.25. The molecule has 114 valence electrons. The van der Waals surface area contributed by atoms with Crippen molar-refractivity contribution in [3.63, 3.8) is 0 Å². The Kier molecular flexibility index (Phi) is 5.25. The molecule has 1 aromatic heterocycles. The van der Waals surface area contributed by atoms with Crippen molar-refractivity contribution in [2.75, 3.05) is 13.1 Å². The molecule has 2 nitrogen and oxygen atoms in total. The van der Waals surface area contributed by atoms with E-state index in [4.69, 9.17) is 4.98 Å². The lowest BCUT2D eigenvalue weighted by Crippen LogP contribution is -2.27. The lowest BCUT2D eigenvalue weighted by molar-refractivity contribution is 0.409. The van der Waals surface area contributed by atoms with E-state index in [2.05, 4.69) is 39.9 Å². The summed E-state index contributed by atoms with van der Waals surface area (Å²) in [6.07, 6.45) is 4.99. The second-order valence-electron chi connectivity index (χ2n) is 7.79. The van der Waals surface area contributed by atoms with Crippen LogP contribution in [0.4, 0.5) is 0 Å². The van der Waals surface area contributed by atoms with E-state index in [1.807, 2.05) is 11.3 Å². The van der Waals surface area contributed by atoms with Gasteiger partial charge in [-0.1, -0.05) is 34.6 Å². The van der Waals surface area contributed by atoms with Gasteiger partial charge in [-0.2, -0.15) is 0 Å². The largest absolute Gasteiger partial charge is 0.316 e. The van der Waals surface area contributed by atoms with Crippen LogP contribution in [-0.4, -0.2) is 18.1 Å². The number of hydrogen-bond donors (Lipinski definition) is 1. The molecule has 0 fully saturated rings. The first-order valence-electron chi connectivity index (χ1n) is 8.04. The second kappa shape index (κ2) is 6.57. The molecule has 3 heteroatoms. The van der Waals surface area contributed by atoms with E-state index in [1.165, 1.54) is 30.0 Å². The van der Waals surface area contributed by atoms with E-state index < -0.39 is 0 Å². The van der Waals surface area contributed by atoms with Gasteiger partial charge < -0.3 is 5.32 Å². The van der Waals surface area contributed by atoms with Crippen LogP contribution in [0.15, 0.2) is 0 Å². The molecule has 0 aromatic carbocycles. The van der Waals surface area contributed by atoms with Gasteiger partial charge in [0.2, 0.25) is 0 Å². The van der Waals surface area contributed by atoms with Gasteiger partial charge in [0.25, 0.3) is 0 Å². The smallest absolute Gasteiger partial charge is 0.0936 e. The summed E-state index contributed by atoms with van der Waals surface area (Å²) >= 11 is 1.97. The first kappa shape index (κ1) is 16.0. The average Bonchev–Trinajstić information content (AvgIpc) is 2.69. The molecule has 20 heavy (non-hydrogen) atoms. The van der Waals surface area contributed by atoms with E-state index in [9.17, 15) is 0 Å². The Hall–Kier alpha value is -0.410. The summed E-state index contributed by atoms with van der Waals surface area (Å²) in [6, 6.07) is 0. The van der Waals surface area contributed by atoms with Gasteiger partial charge in [0.05, 0.1) is 10.7 Å². The number of aromatic nitrogens is 1. The molecular weight excluding hydrogens is 264 g/mol. The van der Waals surface area contributed by atoms with E-state index in [-0.39, 0.29) is 0 Å². The Bertz CT molecular complexity index is 429. The Morgan fingerprint density at radius 1 is 1.35 bits per heavy atom. The number of nitrogens with zero attached hydrogens (tertiary/aromatic N) is 1. The molecule has 0 spiro atoms. The molecular formula is C17H30N2S. The molecule has 0 amide bonds. The van der Waals surface area contributed by atoms with Crippen LogP contribution < -0.4 is 5.32 Å². The molecule has 0 saturated carbocycles. The van der Waals surface area contributed by atoms with Crippen molar-refractivity contribution in [2.24, 2.45) is 11.3 Å². The zero-order valence-electron chi connectivity index (χ0n) is 13.8. The van der Waals surface area contributed by atoms with Gasteiger partial charge in [-0.05, 0) is 37.1 Å². The second-order valence-corrected chi connectivity index (χ2v) is 8.96. The molecule has 0 saturated heterocycles. The molecule has 1 unspecified atom stereocenters. The SMILES string of the molecule is CC(C)CNCC1CCCc2sc(CC(C)(C)C)nc21. The van der Waals surface area contributed by atoms with Gasteiger partial charge in [-0.15, -0.1) is 11.3 Å². The number of rotatable bonds is 5. The van der Waals surface area contributed by atoms with Gasteiger partial charge in [0.1, 0.15) is 0 Å². The number of aryl methyl sites for hydroxylation is 1. The molecule has 1 aromatic rings. The highest BCUT2D eigenvalue weighted by molar-refractivity contribution is 7.11. The van der Waals surface area contributed by atoms with Crippen LogP contribution in [0, 0.1) is 11.3 Å². The van der Waals surface area contributed by atoms with Crippen LogP contribution in [0.1, 0.15) is 69.0 Å². The quantitative estimate of drug-likeness (QED) is 0.871. The van der Waals surface area contributed by atoms with Crippen LogP contribution >= 0.6 is 11.3 Å². The third-order valence-electron chi connectivity index (χ3n) is 3.74. The Morgan fingerprint density at radius 3 is 2.75 bits per heavy atom. The van der Waals surface area contributed by atoms with E-state index >= 15 is 0 Å². The highest BCUT2D eigenvalue weighted by atomic mass is 32.1. The van der Waals surface area contributed by atoms with Crippen molar-refractivity contribution in [1.82, 2.24) is 10.3 Å². The maximum atomic E-state index is 4.99. The third kappa shape index (κ3) is 4.56. The average molecular weight is 295 g/mol. The lowest BCUT2D eigenvalue weighted by Gasteiger charge is -2.22. The Balaban J connectivity index is 2.02. The van der Waals surface area contributed by atoms with Crippen LogP contribution in [0.5, 0.6) is 0 Å². The topological polar surface area (TPSA) is 24.9 Å². The standard InChI is InChI=1S/C17H30N2S/c1-12(2)10-18-11-13-7-6-8-14-16(13)19-15(20-14)9-17(3,4)5/h12-13,18H,6-11H2,1-5H3. The number of thiazole rings is 1. The van der Waals surface area contributed by atoms with Gasteiger partial charge in [0, 0.05) is 23.8 Å². The molecule has 1 aliphatic rings. The zero-order chi connectivity index (χ0) is 14.8. The van der Waals surface area contributed by atoms with Crippen LogP contribution in [-0.2, 0) is 12.8 Å². The van der Waals surface area contributed by atoms with E-state index in [1.54, 1.807) is 4.88 Å². The minimum Gasteiger partial charge on any atom is -0.316 e. The summed E-state index contributed by atoms with van der Waals surface area (Å²) in [5.41, 5.74) is 1.75. The molecule has 1 N–H and O–H groups in total. The predicted molar refractivity (Wildman–Crippen MR) is 88.7 cm³/mol. The van der Waals surface area contributed by atoms with Gasteiger partial charge in [-0.25, -0.2) is 4.98 Å². The lowest BCUT2D eigenvalue weighted by atomic mass is 9.90. The first-order chi connectivity index (χ1) is 9.35. The maximum absolute atomic E-state index is 4.99. The molecule has 0 aliphatic heterocycles. The van der Waals surface area contributed by atoms with Crippen molar-refractivity contribution in [3.05, 3.63) is 15.6 Å². The van der Waals surface area contributed by atoms with E-state index in [0.29, 0.717) is 11.3 Å². The fourth-order valence-corrected chi connectivity index (χ4v) is 4.33. The van der Waals surface area contributed by atoms with Crippen molar-refractivity contribution in [1.29, 1.82) is 0 Å². The van der Waals surface area contributed by atoms with Crippen molar-refractivity contribution in [3.8, 4) is 0 Å². The zero-order valence-corrected chi connectivity index (χ0v) is 14.6. The number of hydrogen-bond acceptors (Lipinski definition) is 3. The molecule has 0 bridgehead atoms. The van der Waals surface area contributed by atoms with Crippen LogP contribution in [0.25, 0.3) is 0 Å². The first-order valence-corrected chi connectivity index (χ1v) is 8.86. The number of nitrogens with one attached hydrogen (secondary N) is 1. The highest BCUT2D eigenvalue weighted by Crippen LogP contribution is 2.36. The van der Waals surface area contributed by atoms with Gasteiger partial charge in [0.15, 0.2) is 0 Å². The molecule has 2 rings (SSSR count). The van der Waals surface area contributed by atoms with Crippen molar-refractivity contribution >= 4 is 11.3 Å². The summed E-state index contributed by atoms with van der Waals surface area (Å²) in [5, 5.41) is 4.96. The predicted octanol–water partition coefficient (Wildman–Crippen LogP) is 4.40.